The molecule has 2 N–H and O–H groups in total. The zero-order valence-corrected chi connectivity index (χ0v) is 11.1. The van der Waals surface area contributed by atoms with E-state index in [-0.39, 0.29) is 5.38 Å². The van der Waals surface area contributed by atoms with Crippen LogP contribution < -0.4 is 11.2 Å². The Morgan fingerprint density at radius 1 is 0.900 bits per heavy atom. The molecule has 0 aliphatic rings. The van der Waals surface area contributed by atoms with E-state index in [0.717, 1.165) is 11.1 Å². The Labute approximate surface area is 119 Å². The summed E-state index contributed by atoms with van der Waals surface area (Å²) in [6, 6.07) is 14.8. The molecule has 0 spiro atoms. The summed E-state index contributed by atoms with van der Waals surface area (Å²) < 4.78 is 0. The lowest BCUT2D eigenvalue weighted by molar-refractivity contribution is 1.07. The molecule has 1 heterocycles. The molecule has 0 saturated heterocycles. The van der Waals surface area contributed by atoms with Gasteiger partial charge in [-0.05, 0) is 23.3 Å². The number of aromatic amines is 2. The molecule has 0 saturated carbocycles. The van der Waals surface area contributed by atoms with Crippen molar-refractivity contribution in [3.63, 3.8) is 0 Å². The fraction of sp³-hybridized carbons (Fsp3) is 0.0667. The molecule has 3 rings (SSSR count). The van der Waals surface area contributed by atoms with Gasteiger partial charge in [0.15, 0.2) is 0 Å². The minimum atomic E-state index is -0.513. The highest BCUT2D eigenvalue weighted by atomic mass is 35.5. The first kappa shape index (κ1) is 12.7. The van der Waals surface area contributed by atoms with Crippen molar-refractivity contribution in [2.75, 3.05) is 0 Å². The van der Waals surface area contributed by atoms with E-state index in [2.05, 4.69) is 9.97 Å². The lowest BCUT2D eigenvalue weighted by atomic mass is 10.0. The van der Waals surface area contributed by atoms with E-state index in [9.17, 15) is 9.59 Å². The number of aromatic nitrogens is 2. The maximum atomic E-state index is 11.8. The van der Waals surface area contributed by atoms with Crippen LogP contribution in [-0.4, -0.2) is 9.97 Å². The first-order chi connectivity index (χ1) is 9.65. The minimum absolute atomic E-state index is 0.341. The average molecular weight is 287 g/mol. The summed E-state index contributed by atoms with van der Waals surface area (Å²) in [6.45, 7) is 0. The lowest BCUT2D eigenvalue weighted by Crippen LogP contribution is -2.21. The highest BCUT2D eigenvalue weighted by molar-refractivity contribution is 6.22. The van der Waals surface area contributed by atoms with Crippen molar-refractivity contribution in [2.45, 2.75) is 5.38 Å². The molecule has 1 atom stereocenters. The van der Waals surface area contributed by atoms with Gasteiger partial charge in [-0.3, -0.25) is 9.78 Å². The van der Waals surface area contributed by atoms with Crippen LogP contribution in [0.25, 0.3) is 10.9 Å². The summed E-state index contributed by atoms with van der Waals surface area (Å²) in [5.74, 6) is 0. The van der Waals surface area contributed by atoms with Gasteiger partial charge < -0.3 is 4.98 Å². The third-order valence-electron chi connectivity index (χ3n) is 3.15. The minimum Gasteiger partial charge on any atom is -0.307 e. The monoisotopic (exact) mass is 286 g/mol. The molecule has 0 fully saturated rings. The Morgan fingerprint density at radius 2 is 1.65 bits per heavy atom. The first-order valence-corrected chi connectivity index (χ1v) is 6.54. The van der Waals surface area contributed by atoms with Crippen LogP contribution in [0, 0.1) is 0 Å². The van der Waals surface area contributed by atoms with Gasteiger partial charge in [0.05, 0.1) is 16.3 Å². The molecule has 1 unspecified atom stereocenters. The van der Waals surface area contributed by atoms with Gasteiger partial charge >= 0.3 is 5.69 Å². The normalized spacial score (nSPS) is 12.4. The Morgan fingerprint density at radius 3 is 2.40 bits per heavy atom. The molecule has 1 aromatic heterocycles. The Kier molecular flexibility index (Phi) is 3.16. The molecule has 0 aliphatic heterocycles. The highest BCUT2D eigenvalue weighted by Crippen LogP contribution is 2.29. The second kappa shape index (κ2) is 4.98. The van der Waals surface area contributed by atoms with Gasteiger partial charge in [0, 0.05) is 0 Å². The topological polar surface area (TPSA) is 65.7 Å². The summed E-state index contributed by atoms with van der Waals surface area (Å²) in [5, 5.41) is 0.0793. The fourth-order valence-electron chi connectivity index (χ4n) is 2.15. The van der Waals surface area contributed by atoms with Crippen LogP contribution in [-0.2, 0) is 0 Å². The van der Waals surface area contributed by atoms with Crippen LogP contribution >= 0.6 is 11.6 Å². The summed E-state index contributed by atoms with van der Waals surface area (Å²) in [5.41, 5.74) is 1.33. The van der Waals surface area contributed by atoms with Crippen LogP contribution in [0.2, 0.25) is 0 Å². The maximum absolute atomic E-state index is 11.8. The van der Waals surface area contributed by atoms with Gasteiger partial charge in [-0.2, -0.15) is 0 Å². The van der Waals surface area contributed by atoms with E-state index in [1.54, 1.807) is 12.1 Å². The van der Waals surface area contributed by atoms with Crippen molar-refractivity contribution < 1.29 is 0 Å². The van der Waals surface area contributed by atoms with E-state index in [1.807, 2.05) is 36.4 Å². The number of rotatable bonds is 2. The Balaban J connectivity index is 2.14. The summed E-state index contributed by atoms with van der Waals surface area (Å²) in [7, 11) is 0. The molecule has 100 valence electrons. The van der Waals surface area contributed by atoms with Crippen molar-refractivity contribution in [1.82, 2.24) is 9.97 Å². The maximum Gasteiger partial charge on any atom is 0.326 e. The van der Waals surface area contributed by atoms with Crippen molar-refractivity contribution in [3.05, 3.63) is 80.5 Å². The number of hydrogen-bond acceptors (Lipinski definition) is 2. The van der Waals surface area contributed by atoms with Crippen molar-refractivity contribution >= 4 is 22.5 Å². The van der Waals surface area contributed by atoms with E-state index >= 15 is 0 Å². The van der Waals surface area contributed by atoms with Crippen LogP contribution in [0.3, 0.4) is 0 Å². The van der Waals surface area contributed by atoms with E-state index < -0.39 is 11.2 Å². The highest BCUT2D eigenvalue weighted by Gasteiger charge is 2.12. The predicted molar refractivity (Wildman–Crippen MR) is 79.3 cm³/mol. The van der Waals surface area contributed by atoms with Gasteiger partial charge in [-0.25, -0.2) is 4.79 Å². The molecule has 0 amide bonds. The number of hydrogen-bond donors (Lipinski definition) is 2. The molecule has 0 bridgehead atoms. The third kappa shape index (κ3) is 2.26. The van der Waals surface area contributed by atoms with Gasteiger partial charge in [-0.15, -0.1) is 11.6 Å². The van der Waals surface area contributed by atoms with Crippen molar-refractivity contribution in [3.8, 4) is 0 Å². The second-order valence-corrected chi connectivity index (χ2v) is 4.92. The predicted octanol–water partition coefficient (Wildman–Crippen LogP) is 2.54. The fourth-order valence-corrected chi connectivity index (χ4v) is 2.44. The van der Waals surface area contributed by atoms with Gasteiger partial charge in [0.25, 0.3) is 5.56 Å². The number of halogens is 1. The lowest BCUT2D eigenvalue weighted by Gasteiger charge is -2.10. The molecular formula is C15H11ClN2O2. The zero-order valence-electron chi connectivity index (χ0n) is 10.4. The molecular weight excluding hydrogens is 276 g/mol. The largest absolute Gasteiger partial charge is 0.326 e. The summed E-state index contributed by atoms with van der Waals surface area (Å²) in [6.07, 6.45) is 0. The molecule has 3 aromatic rings. The van der Waals surface area contributed by atoms with Crippen LogP contribution in [0.15, 0.2) is 58.1 Å². The Hall–Kier alpha value is -2.33. The van der Waals surface area contributed by atoms with Gasteiger partial charge in [0.2, 0.25) is 0 Å². The second-order valence-electron chi connectivity index (χ2n) is 4.49. The van der Waals surface area contributed by atoms with Crippen LogP contribution in [0.1, 0.15) is 16.5 Å². The number of H-pyrrole nitrogens is 2. The number of fused-ring (bicyclic) bond motifs is 1. The standard InChI is InChI=1S/C15H11ClN2O2/c16-13(9-4-2-1-3-5-9)10-6-7-12-11(8-10)14(19)18-15(20)17-12/h1-8,13H,(H2,17,18,19,20). The SMILES string of the molecule is O=c1[nH]c(=O)c2cc(C(Cl)c3ccccc3)ccc2[nH]1. The van der Waals surface area contributed by atoms with Gasteiger partial charge in [-0.1, -0.05) is 36.4 Å². The van der Waals surface area contributed by atoms with Crippen LogP contribution in [0.5, 0.6) is 0 Å². The molecule has 5 heteroatoms. The van der Waals surface area contributed by atoms with Crippen molar-refractivity contribution in [1.29, 1.82) is 0 Å². The smallest absolute Gasteiger partial charge is 0.307 e. The molecule has 2 aromatic carbocycles. The zero-order chi connectivity index (χ0) is 14.1. The number of nitrogens with one attached hydrogen (secondary N) is 2. The first-order valence-electron chi connectivity index (χ1n) is 6.10. The average Bonchev–Trinajstić information content (AvgIpc) is 2.47. The summed E-state index contributed by atoms with van der Waals surface area (Å²) in [4.78, 5) is 27.8. The molecule has 20 heavy (non-hydrogen) atoms. The van der Waals surface area contributed by atoms with E-state index in [4.69, 9.17) is 11.6 Å². The Bertz CT molecular complexity index is 868. The molecule has 0 radical (unpaired) electrons. The molecule has 4 nitrogen and oxygen atoms in total. The third-order valence-corrected chi connectivity index (χ3v) is 3.65. The van der Waals surface area contributed by atoms with Gasteiger partial charge in [0.1, 0.15) is 0 Å². The number of benzene rings is 2. The van der Waals surface area contributed by atoms with Crippen molar-refractivity contribution in [2.24, 2.45) is 0 Å². The summed E-state index contributed by atoms with van der Waals surface area (Å²) >= 11 is 6.43. The quantitative estimate of drug-likeness (QED) is 0.711. The van der Waals surface area contributed by atoms with Crippen LogP contribution in [0.4, 0.5) is 0 Å². The van der Waals surface area contributed by atoms with E-state index in [0.29, 0.717) is 10.9 Å². The molecule has 0 aliphatic carbocycles. The van der Waals surface area contributed by atoms with E-state index in [1.165, 1.54) is 0 Å². The number of alkyl halides is 1.